The third-order valence-corrected chi connectivity index (χ3v) is 4.92. The van der Waals surface area contributed by atoms with E-state index in [4.69, 9.17) is 10.5 Å². The second-order valence-corrected chi connectivity index (χ2v) is 6.58. The summed E-state index contributed by atoms with van der Waals surface area (Å²) in [7, 11) is 0. The first-order valence-electron chi connectivity index (χ1n) is 8.51. The third kappa shape index (κ3) is 3.61. The van der Waals surface area contributed by atoms with Crippen LogP contribution in [-0.4, -0.2) is 18.6 Å². The fourth-order valence-electron chi connectivity index (χ4n) is 3.66. The summed E-state index contributed by atoms with van der Waals surface area (Å²) in [5.41, 5.74) is 7.20. The Bertz CT molecular complexity index is 512. The van der Waals surface area contributed by atoms with Crippen LogP contribution in [0, 0.1) is 5.92 Å². The molecule has 0 spiro atoms. The molecule has 0 radical (unpaired) electrons. The Morgan fingerprint density at radius 1 is 1.23 bits per heavy atom. The summed E-state index contributed by atoms with van der Waals surface area (Å²) in [5.74, 6) is 1.48. The molecule has 1 aromatic carbocycles. The van der Waals surface area contributed by atoms with Crippen molar-refractivity contribution in [2.75, 3.05) is 6.61 Å². The molecule has 120 valence electrons. The standard InChI is InChI=1S/C18H26N2O2/c19-15(12-13-6-2-1-3-7-13)18(21)20-16-10-11-22-17-9-5-4-8-14(16)17/h4-5,8-9,13,15-16H,1-3,6-7,10-12,19H2,(H,20,21). The van der Waals surface area contributed by atoms with Crippen LogP contribution in [0.5, 0.6) is 5.75 Å². The lowest BCUT2D eigenvalue weighted by Gasteiger charge is -2.29. The van der Waals surface area contributed by atoms with Gasteiger partial charge in [-0.2, -0.15) is 0 Å². The fraction of sp³-hybridized carbons (Fsp3) is 0.611. The molecule has 0 aromatic heterocycles. The van der Waals surface area contributed by atoms with Gasteiger partial charge < -0.3 is 15.8 Å². The molecule has 3 N–H and O–H groups in total. The maximum Gasteiger partial charge on any atom is 0.237 e. The molecule has 1 saturated carbocycles. The van der Waals surface area contributed by atoms with Gasteiger partial charge in [0.05, 0.1) is 18.7 Å². The molecule has 1 heterocycles. The highest BCUT2D eigenvalue weighted by molar-refractivity contribution is 5.82. The quantitative estimate of drug-likeness (QED) is 0.899. The molecule has 4 heteroatoms. The maximum atomic E-state index is 12.4. The number of carbonyl (C=O) groups is 1. The molecule has 1 aromatic rings. The van der Waals surface area contributed by atoms with Crippen molar-refractivity contribution in [3.63, 3.8) is 0 Å². The van der Waals surface area contributed by atoms with Crippen molar-refractivity contribution in [3.05, 3.63) is 29.8 Å². The smallest absolute Gasteiger partial charge is 0.237 e. The van der Waals surface area contributed by atoms with Crippen LogP contribution in [0.15, 0.2) is 24.3 Å². The molecule has 0 saturated heterocycles. The highest BCUT2D eigenvalue weighted by Gasteiger charge is 2.26. The van der Waals surface area contributed by atoms with Gasteiger partial charge >= 0.3 is 0 Å². The van der Waals surface area contributed by atoms with E-state index in [-0.39, 0.29) is 11.9 Å². The highest BCUT2D eigenvalue weighted by atomic mass is 16.5. The van der Waals surface area contributed by atoms with Gasteiger partial charge in [0.25, 0.3) is 0 Å². The van der Waals surface area contributed by atoms with Crippen molar-refractivity contribution in [1.82, 2.24) is 5.32 Å². The van der Waals surface area contributed by atoms with Crippen LogP contribution in [0.2, 0.25) is 0 Å². The highest BCUT2D eigenvalue weighted by Crippen LogP contribution is 2.32. The van der Waals surface area contributed by atoms with Gasteiger partial charge in [0.1, 0.15) is 5.75 Å². The molecule has 4 nitrogen and oxygen atoms in total. The zero-order valence-corrected chi connectivity index (χ0v) is 13.1. The van der Waals surface area contributed by atoms with Gasteiger partial charge in [0, 0.05) is 12.0 Å². The Labute approximate surface area is 132 Å². The van der Waals surface area contributed by atoms with E-state index in [2.05, 4.69) is 5.32 Å². The Hall–Kier alpha value is -1.55. The number of nitrogens with one attached hydrogen (secondary N) is 1. The number of carbonyl (C=O) groups excluding carboxylic acids is 1. The van der Waals surface area contributed by atoms with E-state index < -0.39 is 6.04 Å². The van der Waals surface area contributed by atoms with Crippen LogP contribution in [0.25, 0.3) is 0 Å². The van der Waals surface area contributed by atoms with E-state index in [9.17, 15) is 4.79 Å². The first-order chi connectivity index (χ1) is 10.7. The van der Waals surface area contributed by atoms with Crippen LogP contribution in [0.4, 0.5) is 0 Å². The van der Waals surface area contributed by atoms with Crippen LogP contribution < -0.4 is 15.8 Å². The SMILES string of the molecule is NC(CC1CCCCC1)C(=O)NC1CCOc2ccccc21. The molecular weight excluding hydrogens is 276 g/mol. The molecule has 1 aliphatic carbocycles. The molecule has 1 amide bonds. The minimum atomic E-state index is -0.391. The molecule has 2 atom stereocenters. The van der Waals surface area contributed by atoms with E-state index in [0.29, 0.717) is 12.5 Å². The number of hydrogen-bond acceptors (Lipinski definition) is 3. The summed E-state index contributed by atoms with van der Waals surface area (Å²) in [6.07, 6.45) is 7.97. The summed E-state index contributed by atoms with van der Waals surface area (Å²) in [6, 6.07) is 7.54. The van der Waals surface area contributed by atoms with Gasteiger partial charge in [-0.25, -0.2) is 0 Å². The second kappa shape index (κ2) is 7.14. The number of benzene rings is 1. The maximum absolute atomic E-state index is 12.4. The van der Waals surface area contributed by atoms with E-state index in [1.165, 1.54) is 32.1 Å². The summed E-state index contributed by atoms with van der Waals surface area (Å²) in [6.45, 7) is 0.639. The van der Waals surface area contributed by atoms with Crippen LogP contribution in [-0.2, 0) is 4.79 Å². The Balaban J connectivity index is 1.57. The zero-order chi connectivity index (χ0) is 15.4. The molecule has 0 bridgehead atoms. The van der Waals surface area contributed by atoms with Crippen molar-refractivity contribution in [2.24, 2.45) is 11.7 Å². The number of nitrogens with two attached hydrogens (primary N) is 1. The number of fused-ring (bicyclic) bond motifs is 1. The van der Waals surface area contributed by atoms with E-state index in [1.54, 1.807) is 0 Å². The van der Waals surface area contributed by atoms with Crippen LogP contribution >= 0.6 is 0 Å². The van der Waals surface area contributed by atoms with Crippen molar-refractivity contribution in [2.45, 2.75) is 57.0 Å². The van der Waals surface area contributed by atoms with Crippen LogP contribution in [0.3, 0.4) is 0 Å². The number of para-hydroxylation sites is 1. The molecule has 3 rings (SSSR count). The van der Waals surface area contributed by atoms with Gasteiger partial charge in [0.15, 0.2) is 0 Å². The lowest BCUT2D eigenvalue weighted by Crippen LogP contribution is -2.44. The van der Waals surface area contributed by atoms with Crippen molar-refractivity contribution in [3.8, 4) is 5.75 Å². The van der Waals surface area contributed by atoms with E-state index >= 15 is 0 Å². The second-order valence-electron chi connectivity index (χ2n) is 6.58. The van der Waals surface area contributed by atoms with Gasteiger partial charge in [-0.3, -0.25) is 4.79 Å². The average molecular weight is 302 g/mol. The first-order valence-corrected chi connectivity index (χ1v) is 8.51. The van der Waals surface area contributed by atoms with Crippen LogP contribution in [0.1, 0.15) is 56.6 Å². The van der Waals surface area contributed by atoms with Crippen molar-refractivity contribution in [1.29, 1.82) is 0 Å². The molecule has 1 aliphatic heterocycles. The van der Waals surface area contributed by atoms with E-state index in [1.807, 2.05) is 24.3 Å². The minimum absolute atomic E-state index is 0.0210. The molecule has 22 heavy (non-hydrogen) atoms. The minimum Gasteiger partial charge on any atom is -0.493 e. The summed E-state index contributed by atoms with van der Waals surface area (Å²) < 4.78 is 5.63. The molecule has 2 unspecified atom stereocenters. The van der Waals surface area contributed by atoms with Crippen molar-refractivity contribution >= 4 is 5.91 Å². The third-order valence-electron chi connectivity index (χ3n) is 4.92. The topological polar surface area (TPSA) is 64.4 Å². The Morgan fingerprint density at radius 3 is 2.82 bits per heavy atom. The van der Waals surface area contributed by atoms with Crippen molar-refractivity contribution < 1.29 is 9.53 Å². The first kappa shape index (κ1) is 15.3. The Morgan fingerprint density at radius 2 is 2.00 bits per heavy atom. The Kier molecular flexibility index (Phi) is 4.98. The molecule has 2 aliphatic rings. The van der Waals surface area contributed by atoms with Gasteiger partial charge in [0.2, 0.25) is 5.91 Å². The average Bonchev–Trinajstić information content (AvgIpc) is 2.56. The number of ether oxygens (including phenoxy) is 1. The van der Waals surface area contributed by atoms with Gasteiger partial charge in [-0.05, 0) is 18.4 Å². The number of hydrogen-bond donors (Lipinski definition) is 2. The van der Waals surface area contributed by atoms with E-state index in [0.717, 1.165) is 24.2 Å². The zero-order valence-electron chi connectivity index (χ0n) is 13.1. The fourth-order valence-corrected chi connectivity index (χ4v) is 3.66. The lowest BCUT2D eigenvalue weighted by atomic mass is 9.85. The number of amides is 1. The summed E-state index contributed by atoms with van der Waals surface area (Å²) in [5, 5.41) is 3.12. The summed E-state index contributed by atoms with van der Waals surface area (Å²) in [4.78, 5) is 12.4. The lowest BCUT2D eigenvalue weighted by molar-refractivity contribution is -0.123. The normalized spacial score (nSPS) is 23.2. The number of rotatable bonds is 4. The predicted octanol–water partition coefficient (Wildman–Crippen LogP) is 2.92. The van der Waals surface area contributed by atoms with Gasteiger partial charge in [-0.1, -0.05) is 50.3 Å². The summed E-state index contributed by atoms with van der Waals surface area (Å²) >= 11 is 0. The van der Waals surface area contributed by atoms with Gasteiger partial charge in [-0.15, -0.1) is 0 Å². The largest absolute Gasteiger partial charge is 0.493 e. The monoisotopic (exact) mass is 302 g/mol. The predicted molar refractivity (Wildman–Crippen MR) is 86.6 cm³/mol. The molecule has 1 fully saturated rings. The molecular formula is C18H26N2O2.